The molecule has 4 atom stereocenters. The number of benzene rings is 2. The van der Waals surface area contributed by atoms with E-state index in [-0.39, 0.29) is 29.3 Å². The standard InChI is InChI=1S/C29H34Cl2N2O2/c1-5-15-29(4)17-24(20-7-6-8-22(31)16-20)25(32-27(29)34)14-13-23(19-9-11-21(30)12-10-19)26-33-28(2,3)18-35-26/h5-12,16,23-25H,1,13-15,17-18H2,2-4H3,(H,32,34)/t23-,24+,25-,29-/m0/s1. The number of rotatable bonds is 8. The Kier molecular flexibility index (Phi) is 7.63. The van der Waals surface area contributed by atoms with Crippen LogP contribution in [-0.4, -0.2) is 30.0 Å². The fourth-order valence-corrected chi connectivity index (χ4v) is 5.61. The van der Waals surface area contributed by atoms with Crippen molar-refractivity contribution in [1.29, 1.82) is 0 Å². The molecule has 1 saturated heterocycles. The van der Waals surface area contributed by atoms with Crippen molar-refractivity contribution in [2.24, 2.45) is 10.4 Å². The highest BCUT2D eigenvalue weighted by molar-refractivity contribution is 6.30. The predicted molar refractivity (Wildman–Crippen MR) is 145 cm³/mol. The summed E-state index contributed by atoms with van der Waals surface area (Å²) < 4.78 is 6.07. The molecule has 2 aliphatic rings. The number of carbonyl (C=O) groups is 1. The summed E-state index contributed by atoms with van der Waals surface area (Å²) in [4.78, 5) is 18.1. The molecule has 0 radical (unpaired) electrons. The van der Waals surface area contributed by atoms with Gasteiger partial charge in [0.2, 0.25) is 5.91 Å². The number of allylic oxidation sites excluding steroid dienone is 1. The van der Waals surface area contributed by atoms with Crippen LogP contribution in [0.5, 0.6) is 0 Å². The second-order valence-electron chi connectivity index (χ2n) is 10.7. The van der Waals surface area contributed by atoms with Crippen molar-refractivity contribution < 1.29 is 9.53 Å². The van der Waals surface area contributed by atoms with E-state index in [1.54, 1.807) is 0 Å². The first-order chi connectivity index (χ1) is 16.6. The third kappa shape index (κ3) is 5.92. The van der Waals surface area contributed by atoms with E-state index in [1.165, 1.54) is 0 Å². The molecule has 2 aromatic rings. The minimum Gasteiger partial charge on any atom is -0.478 e. The van der Waals surface area contributed by atoms with E-state index in [1.807, 2.05) is 55.5 Å². The molecular weight excluding hydrogens is 479 g/mol. The summed E-state index contributed by atoms with van der Waals surface area (Å²) in [6.07, 6.45) is 4.78. The zero-order valence-electron chi connectivity index (χ0n) is 20.7. The molecule has 0 spiro atoms. The van der Waals surface area contributed by atoms with Gasteiger partial charge in [0, 0.05) is 22.0 Å². The number of amides is 1. The van der Waals surface area contributed by atoms with Gasteiger partial charge in [-0.05, 0) is 74.9 Å². The number of aliphatic imine (C=N–C) groups is 1. The Balaban J connectivity index is 1.62. The van der Waals surface area contributed by atoms with E-state index in [4.69, 9.17) is 32.9 Å². The molecule has 35 heavy (non-hydrogen) atoms. The number of carbonyl (C=O) groups excluding carboxylic acids is 1. The van der Waals surface area contributed by atoms with Crippen molar-refractivity contribution in [3.05, 3.63) is 82.4 Å². The quantitative estimate of drug-likeness (QED) is 0.376. The lowest BCUT2D eigenvalue weighted by molar-refractivity contribution is -0.134. The molecular formula is C29H34Cl2N2O2. The second kappa shape index (κ2) is 10.4. The van der Waals surface area contributed by atoms with Gasteiger partial charge in [-0.2, -0.15) is 0 Å². The Morgan fingerprint density at radius 2 is 1.91 bits per heavy atom. The number of halogens is 2. The number of nitrogens with zero attached hydrogens (tertiary/aromatic N) is 1. The van der Waals surface area contributed by atoms with Crippen LogP contribution in [-0.2, 0) is 9.53 Å². The van der Waals surface area contributed by atoms with E-state index < -0.39 is 5.41 Å². The highest BCUT2D eigenvalue weighted by Gasteiger charge is 2.44. The summed E-state index contributed by atoms with van der Waals surface area (Å²) in [6, 6.07) is 15.9. The van der Waals surface area contributed by atoms with Crippen LogP contribution in [0.2, 0.25) is 10.0 Å². The lowest BCUT2D eigenvalue weighted by atomic mass is 9.69. The molecule has 0 bridgehead atoms. The zero-order valence-corrected chi connectivity index (χ0v) is 22.2. The van der Waals surface area contributed by atoms with Gasteiger partial charge in [-0.1, -0.05) is 60.5 Å². The van der Waals surface area contributed by atoms with Gasteiger partial charge in [-0.15, -0.1) is 6.58 Å². The molecule has 6 heteroatoms. The minimum absolute atomic E-state index is 0.00700. The van der Waals surface area contributed by atoms with Crippen LogP contribution >= 0.6 is 23.2 Å². The van der Waals surface area contributed by atoms with Gasteiger partial charge >= 0.3 is 0 Å². The maximum atomic E-state index is 13.2. The summed E-state index contributed by atoms with van der Waals surface area (Å²) >= 11 is 12.5. The maximum absolute atomic E-state index is 13.2. The lowest BCUT2D eigenvalue weighted by Gasteiger charge is -2.43. The van der Waals surface area contributed by atoms with Gasteiger partial charge < -0.3 is 10.1 Å². The summed E-state index contributed by atoms with van der Waals surface area (Å²) in [5.41, 5.74) is 1.53. The van der Waals surface area contributed by atoms with E-state index in [0.29, 0.717) is 23.1 Å². The molecule has 0 unspecified atom stereocenters. The molecule has 0 aliphatic carbocycles. The molecule has 2 heterocycles. The Labute approximate surface area is 218 Å². The third-order valence-electron chi connectivity index (χ3n) is 7.22. The van der Waals surface area contributed by atoms with Gasteiger partial charge in [0.15, 0.2) is 5.90 Å². The predicted octanol–water partition coefficient (Wildman–Crippen LogP) is 7.32. The van der Waals surface area contributed by atoms with E-state index in [0.717, 1.165) is 36.3 Å². The van der Waals surface area contributed by atoms with Crippen LogP contribution in [0.25, 0.3) is 0 Å². The fourth-order valence-electron chi connectivity index (χ4n) is 5.28. The Morgan fingerprint density at radius 3 is 2.54 bits per heavy atom. The van der Waals surface area contributed by atoms with E-state index in [2.05, 4.69) is 31.8 Å². The van der Waals surface area contributed by atoms with Gasteiger partial charge in [-0.25, -0.2) is 4.99 Å². The number of hydrogen-bond acceptors (Lipinski definition) is 3. The van der Waals surface area contributed by atoms with E-state index in [9.17, 15) is 4.79 Å². The molecule has 4 nitrogen and oxygen atoms in total. The number of hydrogen-bond donors (Lipinski definition) is 1. The molecule has 0 aromatic heterocycles. The SMILES string of the molecule is C=CC[C@@]1(C)C[C@H](c2cccc(Cl)c2)[C@H](CC[C@H](C2=NC(C)(C)CO2)c2ccc(Cl)cc2)NC1=O. The Morgan fingerprint density at radius 1 is 1.17 bits per heavy atom. The first-order valence-corrected chi connectivity index (χ1v) is 13.0. The van der Waals surface area contributed by atoms with Gasteiger partial charge in [0.1, 0.15) is 6.61 Å². The third-order valence-corrected chi connectivity index (χ3v) is 7.70. The monoisotopic (exact) mass is 512 g/mol. The van der Waals surface area contributed by atoms with Gasteiger partial charge in [0.25, 0.3) is 0 Å². The number of piperidine rings is 1. The first-order valence-electron chi connectivity index (χ1n) is 12.3. The zero-order chi connectivity index (χ0) is 25.2. The molecule has 1 amide bonds. The number of nitrogens with one attached hydrogen (secondary N) is 1. The Hall–Kier alpha value is -2.30. The molecule has 2 aromatic carbocycles. The average Bonchev–Trinajstić information content (AvgIpc) is 3.17. The van der Waals surface area contributed by atoms with Crippen molar-refractivity contribution in [2.45, 2.75) is 69.9 Å². The Bertz CT molecular complexity index is 1110. The van der Waals surface area contributed by atoms with Crippen LogP contribution in [0, 0.1) is 5.41 Å². The normalized spacial score (nSPS) is 26.4. The molecule has 1 N–H and O–H groups in total. The van der Waals surface area contributed by atoms with Crippen LogP contribution in [0.15, 0.2) is 66.2 Å². The molecule has 186 valence electrons. The molecule has 2 aliphatic heterocycles. The van der Waals surface area contributed by atoms with Crippen LogP contribution in [0.4, 0.5) is 0 Å². The van der Waals surface area contributed by atoms with Crippen LogP contribution in [0.1, 0.15) is 69.4 Å². The van der Waals surface area contributed by atoms with Crippen LogP contribution in [0.3, 0.4) is 0 Å². The van der Waals surface area contributed by atoms with Crippen molar-refractivity contribution in [3.63, 3.8) is 0 Å². The fraction of sp³-hybridized carbons (Fsp3) is 0.448. The molecule has 4 rings (SSSR count). The lowest BCUT2D eigenvalue weighted by Crippen LogP contribution is -2.53. The maximum Gasteiger partial charge on any atom is 0.226 e. The topological polar surface area (TPSA) is 50.7 Å². The van der Waals surface area contributed by atoms with Crippen molar-refractivity contribution in [2.75, 3.05) is 6.61 Å². The highest BCUT2D eigenvalue weighted by Crippen LogP contribution is 2.43. The van der Waals surface area contributed by atoms with Gasteiger partial charge in [0.05, 0.1) is 16.9 Å². The summed E-state index contributed by atoms with van der Waals surface area (Å²) in [5, 5.41) is 4.76. The average molecular weight is 514 g/mol. The smallest absolute Gasteiger partial charge is 0.226 e. The summed E-state index contributed by atoms with van der Waals surface area (Å²) in [6.45, 7) is 10.6. The molecule has 0 saturated carbocycles. The number of ether oxygens (including phenoxy) is 1. The van der Waals surface area contributed by atoms with Crippen molar-refractivity contribution in [3.8, 4) is 0 Å². The van der Waals surface area contributed by atoms with Crippen LogP contribution < -0.4 is 5.32 Å². The van der Waals surface area contributed by atoms with Crippen molar-refractivity contribution in [1.82, 2.24) is 5.32 Å². The summed E-state index contributed by atoms with van der Waals surface area (Å²) in [7, 11) is 0. The largest absolute Gasteiger partial charge is 0.478 e. The summed E-state index contributed by atoms with van der Waals surface area (Å²) in [5.74, 6) is 0.979. The first kappa shape index (κ1) is 25.8. The molecule has 1 fully saturated rings. The van der Waals surface area contributed by atoms with Crippen molar-refractivity contribution >= 4 is 35.0 Å². The van der Waals surface area contributed by atoms with E-state index >= 15 is 0 Å². The van der Waals surface area contributed by atoms with Gasteiger partial charge in [-0.3, -0.25) is 4.79 Å². The minimum atomic E-state index is -0.497. The highest BCUT2D eigenvalue weighted by atomic mass is 35.5. The second-order valence-corrected chi connectivity index (χ2v) is 11.6.